The van der Waals surface area contributed by atoms with Crippen molar-refractivity contribution in [2.24, 2.45) is 0 Å². The maximum atomic E-state index is 12.9. The van der Waals surface area contributed by atoms with Gasteiger partial charge in [0.15, 0.2) is 0 Å². The van der Waals surface area contributed by atoms with Crippen LogP contribution in [0.2, 0.25) is 0 Å². The standard InChI is InChI=1S/C22H27N3O3S/c1-18-10-11-20(17-21(18)23-29(2,27)28)22(26)25-15-13-24(14-16-25)12-6-9-19-7-4-3-5-8-19/h3-11,17,23H,12-16H2,1-2H3/b9-6+. The molecule has 0 saturated carbocycles. The molecule has 1 aliphatic heterocycles. The van der Waals surface area contributed by atoms with E-state index in [0.29, 0.717) is 24.3 Å². The minimum atomic E-state index is -3.39. The highest BCUT2D eigenvalue weighted by molar-refractivity contribution is 7.92. The fourth-order valence-corrected chi connectivity index (χ4v) is 3.90. The number of aryl methyl sites for hydroxylation is 1. The van der Waals surface area contributed by atoms with Crippen LogP contribution >= 0.6 is 0 Å². The van der Waals surface area contributed by atoms with Gasteiger partial charge in [-0.05, 0) is 30.2 Å². The zero-order valence-electron chi connectivity index (χ0n) is 16.8. The second-order valence-electron chi connectivity index (χ2n) is 7.31. The summed E-state index contributed by atoms with van der Waals surface area (Å²) in [7, 11) is -3.39. The topological polar surface area (TPSA) is 69.7 Å². The van der Waals surface area contributed by atoms with Gasteiger partial charge in [0.05, 0.1) is 11.9 Å². The van der Waals surface area contributed by atoms with Crippen LogP contribution in [0.3, 0.4) is 0 Å². The van der Waals surface area contributed by atoms with Gasteiger partial charge in [0, 0.05) is 38.3 Å². The first-order chi connectivity index (χ1) is 13.8. The third-order valence-corrected chi connectivity index (χ3v) is 5.50. The number of amides is 1. The van der Waals surface area contributed by atoms with E-state index in [1.165, 1.54) is 5.56 Å². The highest BCUT2D eigenvalue weighted by atomic mass is 32.2. The van der Waals surface area contributed by atoms with Gasteiger partial charge in [0.25, 0.3) is 5.91 Å². The van der Waals surface area contributed by atoms with Crippen LogP contribution in [0.1, 0.15) is 21.5 Å². The zero-order valence-corrected chi connectivity index (χ0v) is 17.7. The molecule has 154 valence electrons. The summed E-state index contributed by atoms with van der Waals surface area (Å²) in [6, 6.07) is 15.3. The summed E-state index contributed by atoms with van der Waals surface area (Å²) < 4.78 is 25.5. The van der Waals surface area contributed by atoms with E-state index in [1.807, 2.05) is 30.0 Å². The van der Waals surface area contributed by atoms with Crippen LogP contribution in [-0.4, -0.2) is 63.1 Å². The molecule has 1 aliphatic rings. The van der Waals surface area contributed by atoms with Crippen molar-refractivity contribution in [1.29, 1.82) is 0 Å². The number of anilines is 1. The van der Waals surface area contributed by atoms with Crippen LogP contribution in [0.4, 0.5) is 5.69 Å². The molecule has 29 heavy (non-hydrogen) atoms. The number of rotatable bonds is 6. The number of piperazine rings is 1. The summed E-state index contributed by atoms with van der Waals surface area (Å²) in [6.07, 6.45) is 5.36. The van der Waals surface area contributed by atoms with Crippen molar-refractivity contribution in [2.75, 3.05) is 43.7 Å². The number of benzene rings is 2. The molecule has 1 amide bonds. The predicted molar refractivity (Wildman–Crippen MR) is 117 cm³/mol. The molecule has 2 aromatic rings. The Labute approximate surface area is 172 Å². The van der Waals surface area contributed by atoms with Gasteiger partial charge in [-0.2, -0.15) is 0 Å². The van der Waals surface area contributed by atoms with Crippen molar-refractivity contribution in [3.05, 3.63) is 71.3 Å². The highest BCUT2D eigenvalue weighted by Crippen LogP contribution is 2.20. The van der Waals surface area contributed by atoms with Crippen LogP contribution in [0.5, 0.6) is 0 Å². The summed E-state index contributed by atoms with van der Waals surface area (Å²) in [6.45, 7) is 5.59. The third-order valence-electron chi connectivity index (χ3n) is 4.91. The molecule has 1 N–H and O–H groups in total. The van der Waals surface area contributed by atoms with Crippen molar-refractivity contribution in [3.8, 4) is 0 Å². The van der Waals surface area contributed by atoms with E-state index in [0.717, 1.165) is 31.5 Å². The van der Waals surface area contributed by atoms with E-state index in [1.54, 1.807) is 18.2 Å². The summed E-state index contributed by atoms with van der Waals surface area (Å²) in [4.78, 5) is 17.0. The van der Waals surface area contributed by atoms with Crippen molar-refractivity contribution < 1.29 is 13.2 Å². The Bertz CT molecular complexity index is 980. The van der Waals surface area contributed by atoms with Gasteiger partial charge in [-0.15, -0.1) is 0 Å². The summed E-state index contributed by atoms with van der Waals surface area (Å²) in [5, 5.41) is 0. The Hall–Kier alpha value is -2.64. The molecule has 1 fully saturated rings. The molecule has 1 saturated heterocycles. The van der Waals surface area contributed by atoms with Crippen molar-refractivity contribution in [2.45, 2.75) is 6.92 Å². The first kappa shape index (κ1) is 21.1. The lowest BCUT2D eigenvalue weighted by molar-refractivity contribution is 0.0650. The number of sulfonamides is 1. The van der Waals surface area contributed by atoms with Crippen LogP contribution < -0.4 is 4.72 Å². The first-order valence-corrected chi connectivity index (χ1v) is 11.5. The monoisotopic (exact) mass is 413 g/mol. The molecule has 7 heteroatoms. The van der Waals surface area contributed by atoms with E-state index in [-0.39, 0.29) is 5.91 Å². The van der Waals surface area contributed by atoms with Crippen LogP contribution in [0.15, 0.2) is 54.6 Å². The molecule has 3 rings (SSSR count). The molecule has 1 heterocycles. The van der Waals surface area contributed by atoms with E-state index in [2.05, 4.69) is 33.9 Å². The molecular formula is C22H27N3O3S. The normalized spacial score (nSPS) is 15.6. The molecular weight excluding hydrogens is 386 g/mol. The molecule has 0 radical (unpaired) electrons. The lowest BCUT2D eigenvalue weighted by Crippen LogP contribution is -2.48. The lowest BCUT2D eigenvalue weighted by Gasteiger charge is -2.34. The Balaban J connectivity index is 1.56. The van der Waals surface area contributed by atoms with Gasteiger partial charge in [-0.3, -0.25) is 14.4 Å². The summed E-state index contributed by atoms with van der Waals surface area (Å²) in [5.74, 6) is -0.0685. The average molecular weight is 414 g/mol. The molecule has 2 aromatic carbocycles. The SMILES string of the molecule is Cc1ccc(C(=O)N2CCN(C/C=C/c3ccccc3)CC2)cc1NS(C)(=O)=O. The fourth-order valence-electron chi connectivity index (χ4n) is 3.28. The van der Waals surface area contributed by atoms with Crippen LogP contribution in [0.25, 0.3) is 6.08 Å². The minimum Gasteiger partial charge on any atom is -0.336 e. The average Bonchev–Trinajstić information content (AvgIpc) is 2.69. The Morgan fingerprint density at radius 1 is 1.07 bits per heavy atom. The maximum Gasteiger partial charge on any atom is 0.254 e. The maximum absolute atomic E-state index is 12.9. The number of carbonyl (C=O) groups excluding carboxylic acids is 1. The number of hydrogen-bond donors (Lipinski definition) is 1. The van der Waals surface area contributed by atoms with Crippen LogP contribution in [-0.2, 0) is 10.0 Å². The number of hydrogen-bond acceptors (Lipinski definition) is 4. The zero-order chi connectivity index (χ0) is 20.9. The van der Waals surface area contributed by atoms with Crippen LogP contribution in [0, 0.1) is 6.92 Å². The number of nitrogens with zero attached hydrogens (tertiary/aromatic N) is 2. The minimum absolute atomic E-state index is 0.0685. The van der Waals surface area contributed by atoms with E-state index >= 15 is 0 Å². The molecule has 0 unspecified atom stereocenters. The molecule has 0 atom stereocenters. The van der Waals surface area contributed by atoms with E-state index in [9.17, 15) is 13.2 Å². The second-order valence-corrected chi connectivity index (χ2v) is 9.06. The summed E-state index contributed by atoms with van der Waals surface area (Å²) >= 11 is 0. The Morgan fingerprint density at radius 3 is 2.41 bits per heavy atom. The Kier molecular flexibility index (Phi) is 6.71. The molecule has 0 spiro atoms. The predicted octanol–water partition coefficient (Wildman–Crippen LogP) is 2.84. The fraction of sp³-hybridized carbons (Fsp3) is 0.318. The highest BCUT2D eigenvalue weighted by Gasteiger charge is 2.22. The quantitative estimate of drug-likeness (QED) is 0.791. The number of carbonyl (C=O) groups is 1. The first-order valence-electron chi connectivity index (χ1n) is 9.63. The largest absolute Gasteiger partial charge is 0.336 e. The molecule has 6 nitrogen and oxygen atoms in total. The Morgan fingerprint density at radius 2 is 1.76 bits per heavy atom. The van der Waals surface area contributed by atoms with Gasteiger partial charge in [0.2, 0.25) is 10.0 Å². The van der Waals surface area contributed by atoms with E-state index < -0.39 is 10.0 Å². The second kappa shape index (κ2) is 9.24. The van der Waals surface area contributed by atoms with Crippen molar-refractivity contribution in [3.63, 3.8) is 0 Å². The lowest BCUT2D eigenvalue weighted by atomic mass is 10.1. The van der Waals surface area contributed by atoms with Gasteiger partial charge >= 0.3 is 0 Å². The van der Waals surface area contributed by atoms with Gasteiger partial charge in [-0.25, -0.2) is 8.42 Å². The van der Waals surface area contributed by atoms with Gasteiger partial charge in [-0.1, -0.05) is 48.6 Å². The number of nitrogens with one attached hydrogen (secondary N) is 1. The molecule has 0 aromatic heterocycles. The third kappa shape index (κ3) is 6.17. The molecule has 0 bridgehead atoms. The summed E-state index contributed by atoms with van der Waals surface area (Å²) in [5.41, 5.74) is 2.91. The molecule has 0 aliphatic carbocycles. The van der Waals surface area contributed by atoms with E-state index in [4.69, 9.17) is 0 Å². The smallest absolute Gasteiger partial charge is 0.254 e. The van der Waals surface area contributed by atoms with Gasteiger partial charge < -0.3 is 4.90 Å². The van der Waals surface area contributed by atoms with Gasteiger partial charge in [0.1, 0.15) is 0 Å². The van der Waals surface area contributed by atoms with Crippen molar-refractivity contribution >= 4 is 27.7 Å². The van der Waals surface area contributed by atoms with Crippen molar-refractivity contribution in [1.82, 2.24) is 9.80 Å².